The van der Waals surface area contributed by atoms with Crippen molar-refractivity contribution in [2.24, 2.45) is 0 Å². The van der Waals surface area contributed by atoms with Gasteiger partial charge in [0, 0.05) is 31.3 Å². The third kappa shape index (κ3) is 3.05. The van der Waals surface area contributed by atoms with E-state index in [2.05, 4.69) is 0 Å². The predicted molar refractivity (Wildman–Crippen MR) is 63.7 cm³/mol. The van der Waals surface area contributed by atoms with Gasteiger partial charge in [-0.25, -0.2) is 0 Å². The molecule has 1 aliphatic rings. The molecule has 1 aliphatic heterocycles. The number of halogens is 1. The zero-order chi connectivity index (χ0) is 13.8. The van der Waals surface area contributed by atoms with Crippen molar-refractivity contribution in [3.63, 3.8) is 0 Å². The Hall–Kier alpha value is -2.04. The lowest BCUT2D eigenvalue weighted by Gasteiger charge is -2.29. The van der Waals surface area contributed by atoms with Crippen LogP contribution in [0.2, 0.25) is 0 Å². The monoisotopic (exact) mass is 265 g/mol. The maximum Gasteiger partial charge on any atom is 0.305 e. The Morgan fingerprint density at radius 1 is 1.63 bits per heavy atom. The van der Waals surface area contributed by atoms with Crippen molar-refractivity contribution in [2.75, 3.05) is 19.7 Å². The van der Waals surface area contributed by atoms with Gasteiger partial charge in [-0.2, -0.15) is 9.65 Å². The normalized spacial score (nSPS) is 19.9. The highest BCUT2D eigenvalue weighted by Gasteiger charge is 2.23. The van der Waals surface area contributed by atoms with E-state index >= 15 is 0 Å². The molecule has 0 radical (unpaired) electrons. The number of morpholine rings is 1. The van der Waals surface area contributed by atoms with Gasteiger partial charge in [-0.05, 0) is 0 Å². The van der Waals surface area contributed by atoms with Crippen molar-refractivity contribution in [1.29, 1.82) is 5.26 Å². The average molecular weight is 265 g/mol. The van der Waals surface area contributed by atoms with E-state index in [0.29, 0.717) is 19.7 Å². The van der Waals surface area contributed by atoms with Crippen LogP contribution in [-0.4, -0.2) is 35.6 Å². The average Bonchev–Trinajstić information content (AvgIpc) is 2.41. The summed E-state index contributed by atoms with van der Waals surface area (Å²) in [5.41, 5.74) is -0.268. The first-order valence-electron chi connectivity index (χ1n) is 5.77. The van der Waals surface area contributed by atoms with Gasteiger partial charge in [0.05, 0.1) is 17.6 Å². The molecule has 100 valence electrons. The molecule has 1 fully saturated rings. The van der Waals surface area contributed by atoms with Crippen LogP contribution in [0.3, 0.4) is 0 Å². The highest BCUT2D eigenvalue weighted by molar-refractivity contribution is 5.36. The van der Waals surface area contributed by atoms with Gasteiger partial charge < -0.3 is 4.74 Å². The second-order valence-electron chi connectivity index (χ2n) is 4.23. The minimum atomic E-state index is -0.813. The highest BCUT2D eigenvalue weighted by Crippen LogP contribution is 2.22. The van der Waals surface area contributed by atoms with Crippen LogP contribution in [0, 0.1) is 27.3 Å². The standard InChI is InChI=1S/C12H12FN3O3/c13-12-9(2-1-3-11(12)16(17)18)7-15-4-5-19-10(6-14)8-15/h1-3,10H,4-5,7-8H2. The molecule has 1 aromatic rings. The number of nitro groups is 1. The maximum atomic E-state index is 13.9. The lowest BCUT2D eigenvalue weighted by Crippen LogP contribution is -2.41. The molecule has 7 heteroatoms. The van der Waals surface area contributed by atoms with Crippen LogP contribution >= 0.6 is 0 Å². The van der Waals surface area contributed by atoms with Gasteiger partial charge in [0.15, 0.2) is 6.10 Å². The fourth-order valence-electron chi connectivity index (χ4n) is 1.99. The molecule has 0 aromatic heterocycles. The zero-order valence-electron chi connectivity index (χ0n) is 10.1. The number of hydrogen-bond acceptors (Lipinski definition) is 5. The summed E-state index contributed by atoms with van der Waals surface area (Å²) in [5, 5.41) is 19.4. The molecule has 0 bridgehead atoms. The molecule has 1 unspecified atom stereocenters. The molecule has 2 rings (SSSR count). The molecule has 6 nitrogen and oxygen atoms in total. The summed E-state index contributed by atoms with van der Waals surface area (Å²) >= 11 is 0. The van der Waals surface area contributed by atoms with Gasteiger partial charge in [0.1, 0.15) is 0 Å². The summed E-state index contributed by atoms with van der Waals surface area (Å²) in [6.45, 7) is 1.57. The van der Waals surface area contributed by atoms with E-state index < -0.39 is 22.5 Å². The molecule has 1 heterocycles. The molecule has 1 aromatic carbocycles. The van der Waals surface area contributed by atoms with E-state index in [-0.39, 0.29) is 12.1 Å². The van der Waals surface area contributed by atoms with E-state index in [9.17, 15) is 14.5 Å². The number of nitro benzene ring substituents is 1. The molecular weight excluding hydrogens is 253 g/mol. The second kappa shape index (κ2) is 5.73. The SMILES string of the molecule is N#CC1CN(Cc2cccc([N+](=O)[O-])c2F)CCO1. The predicted octanol–water partition coefficient (Wildman–Crippen LogP) is 1.46. The largest absolute Gasteiger partial charge is 0.361 e. The molecule has 19 heavy (non-hydrogen) atoms. The van der Waals surface area contributed by atoms with E-state index in [1.807, 2.05) is 11.0 Å². The van der Waals surface area contributed by atoms with Crippen LogP contribution in [0.4, 0.5) is 10.1 Å². The summed E-state index contributed by atoms with van der Waals surface area (Å²) in [5.74, 6) is -0.813. The van der Waals surface area contributed by atoms with Gasteiger partial charge in [-0.15, -0.1) is 0 Å². The lowest BCUT2D eigenvalue weighted by atomic mass is 10.1. The molecular formula is C12H12FN3O3. The fraction of sp³-hybridized carbons (Fsp3) is 0.417. The van der Waals surface area contributed by atoms with Gasteiger partial charge in [-0.1, -0.05) is 12.1 Å². The highest BCUT2D eigenvalue weighted by atomic mass is 19.1. The van der Waals surface area contributed by atoms with E-state index in [1.165, 1.54) is 12.1 Å². The first kappa shape index (κ1) is 13.4. The first-order chi connectivity index (χ1) is 9.11. The van der Waals surface area contributed by atoms with Crippen LogP contribution < -0.4 is 0 Å². The minimum absolute atomic E-state index is 0.231. The summed E-state index contributed by atoms with van der Waals surface area (Å²) in [7, 11) is 0. The number of rotatable bonds is 3. The van der Waals surface area contributed by atoms with Crippen molar-refractivity contribution in [2.45, 2.75) is 12.6 Å². The fourth-order valence-corrected chi connectivity index (χ4v) is 1.99. The Bertz CT molecular complexity index is 529. The van der Waals surface area contributed by atoms with Gasteiger partial charge in [0.2, 0.25) is 5.82 Å². The van der Waals surface area contributed by atoms with E-state index in [0.717, 1.165) is 6.07 Å². The Morgan fingerprint density at radius 3 is 3.11 bits per heavy atom. The Labute approximate surface area is 109 Å². The first-order valence-corrected chi connectivity index (χ1v) is 5.77. The minimum Gasteiger partial charge on any atom is -0.361 e. The van der Waals surface area contributed by atoms with Crippen LogP contribution in [0.15, 0.2) is 18.2 Å². The summed E-state index contributed by atoms with van der Waals surface area (Å²) in [4.78, 5) is 11.8. The number of hydrogen-bond donors (Lipinski definition) is 0. The van der Waals surface area contributed by atoms with Crippen LogP contribution in [0.25, 0.3) is 0 Å². The van der Waals surface area contributed by atoms with Crippen molar-refractivity contribution in [3.8, 4) is 6.07 Å². The second-order valence-corrected chi connectivity index (χ2v) is 4.23. The van der Waals surface area contributed by atoms with E-state index in [1.54, 1.807) is 0 Å². The topological polar surface area (TPSA) is 79.4 Å². The third-order valence-corrected chi connectivity index (χ3v) is 2.94. The Balaban J connectivity index is 2.13. The van der Waals surface area contributed by atoms with Crippen molar-refractivity contribution in [3.05, 3.63) is 39.7 Å². The summed E-state index contributed by atoms with van der Waals surface area (Å²) in [6, 6.07) is 6.10. The summed E-state index contributed by atoms with van der Waals surface area (Å²) in [6.07, 6.45) is -0.532. The molecule has 0 aliphatic carbocycles. The molecule has 0 saturated carbocycles. The van der Waals surface area contributed by atoms with Crippen LogP contribution in [-0.2, 0) is 11.3 Å². The number of nitriles is 1. The smallest absolute Gasteiger partial charge is 0.305 e. The molecule has 1 saturated heterocycles. The number of ether oxygens (including phenoxy) is 1. The van der Waals surface area contributed by atoms with Gasteiger partial charge >= 0.3 is 5.69 Å². The molecule has 0 amide bonds. The molecule has 0 spiro atoms. The van der Waals surface area contributed by atoms with Crippen LogP contribution in [0.1, 0.15) is 5.56 Å². The van der Waals surface area contributed by atoms with Crippen molar-refractivity contribution < 1.29 is 14.1 Å². The lowest BCUT2D eigenvalue weighted by molar-refractivity contribution is -0.387. The van der Waals surface area contributed by atoms with Crippen molar-refractivity contribution >= 4 is 5.69 Å². The number of nitrogens with zero attached hydrogens (tertiary/aromatic N) is 3. The Morgan fingerprint density at radius 2 is 2.42 bits per heavy atom. The van der Waals surface area contributed by atoms with Crippen LogP contribution in [0.5, 0.6) is 0 Å². The molecule has 0 N–H and O–H groups in total. The van der Waals surface area contributed by atoms with Crippen molar-refractivity contribution in [1.82, 2.24) is 4.90 Å². The van der Waals surface area contributed by atoms with Gasteiger partial charge in [0.25, 0.3) is 0 Å². The summed E-state index contributed by atoms with van der Waals surface area (Å²) < 4.78 is 19.1. The maximum absolute atomic E-state index is 13.9. The zero-order valence-corrected chi connectivity index (χ0v) is 10.1. The quantitative estimate of drug-likeness (QED) is 0.610. The third-order valence-electron chi connectivity index (χ3n) is 2.94. The number of benzene rings is 1. The molecule has 1 atom stereocenters. The van der Waals surface area contributed by atoms with Gasteiger partial charge in [-0.3, -0.25) is 15.0 Å². The van der Waals surface area contributed by atoms with E-state index in [4.69, 9.17) is 10.00 Å². The Kier molecular flexibility index (Phi) is 4.04.